The van der Waals surface area contributed by atoms with Crippen molar-refractivity contribution in [3.05, 3.63) is 72.0 Å². The lowest BCUT2D eigenvalue weighted by molar-refractivity contribution is 0.0190. The van der Waals surface area contributed by atoms with E-state index in [4.69, 9.17) is 0 Å². The molecule has 0 aliphatic carbocycles. The van der Waals surface area contributed by atoms with Gasteiger partial charge in [0, 0.05) is 31.1 Å². The molecule has 2 rings (SSSR count). The first kappa shape index (κ1) is 17.9. The van der Waals surface area contributed by atoms with Gasteiger partial charge in [0.15, 0.2) is 0 Å². The van der Waals surface area contributed by atoms with Crippen molar-refractivity contribution in [1.82, 2.24) is 4.98 Å². The minimum absolute atomic E-state index is 0.00836. The Labute approximate surface area is 141 Å². The number of nitrogens with zero attached hydrogens (tertiary/aromatic N) is 1. The van der Waals surface area contributed by atoms with Gasteiger partial charge in [-0.1, -0.05) is 42.5 Å². The molecule has 1 N–H and O–H groups in total. The minimum Gasteiger partial charge on any atom is -0.386 e. The molecular formula is C20H22F2N2. The quantitative estimate of drug-likeness (QED) is 0.696. The largest absolute Gasteiger partial charge is 0.386 e. The fourth-order valence-corrected chi connectivity index (χ4v) is 2.74. The first-order valence-electron chi connectivity index (χ1n) is 7.80. The Morgan fingerprint density at radius 3 is 2.75 bits per heavy atom. The van der Waals surface area contributed by atoms with Gasteiger partial charge < -0.3 is 5.32 Å². The maximum Gasteiger partial charge on any atom is 0.271 e. The van der Waals surface area contributed by atoms with E-state index in [1.54, 1.807) is 37.5 Å². The number of hydrogen-bond donors (Lipinski definition) is 1. The Morgan fingerprint density at radius 1 is 1.38 bits per heavy atom. The maximum atomic E-state index is 14.1. The van der Waals surface area contributed by atoms with E-state index in [0.29, 0.717) is 17.3 Å². The van der Waals surface area contributed by atoms with E-state index in [2.05, 4.69) is 16.9 Å². The smallest absolute Gasteiger partial charge is 0.271 e. The lowest BCUT2D eigenvalue weighted by atomic mass is 9.94. The number of nitrogens with one attached hydrogen (secondary N) is 1. The van der Waals surface area contributed by atoms with Crippen LogP contribution >= 0.6 is 0 Å². The first-order valence-corrected chi connectivity index (χ1v) is 7.80. The van der Waals surface area contributed by atoms with E-state index in [0.717, 1.165) is 23.7 Å². The van der Waals surface area contributed by atoms with Crippen LogP contribution < -0.4 is 5.32 Å². The summed E-state index contributed by atoms with van der Waals surface area (Å²) in [5.74, 6) is -2.93. The van der Waals surface area contributed by atoms with Crippen LogP contribution in [0.3, 0.4) is 0 Å². The highest BCUT2D eigenvalue weighted by Gasteiger charge is 2.28. The van der Waals surface area contributed by atoms with Crippen LogP contribution in [0.2, 0.25) is 0 Å². The van der Waals surface area contributed by atoms with Gasteiger partial charge in [0.25, 0.3) is 5.92 Å². The van der Waals surface area contributed by atoms with Gasteiger partial charge in [0.05, 0.1) is 11.2 Å². The number of anilines is 1. The van der Waals surface area contributed by atoms with Gasteiger partial charge in [0.2, 0.25) is 0 Å². The molecule has 0 aliphatic heterocycles. The molecule has 1 aromatic heterocycles. The van der Waals surface area contributed by atoms with E-state index in [-0.39, 0.29) is 5.56 Å². The highest BCUT2D eigenvalue weighted by atomic mass is 19.3. The van der Waals surface area contributed by atoms with Crippen LogP contribution in [0, 0.1) is 0 Å². The molecule has 0 amide bonds. The predicted molar refractivity (Wildman–Crippen MR) is 97.7 cm³/mol. The third kappa shape index (κ3) is 3.88. The molecule has 0 aliphatic rings. The van der Waals surface area contributed by atoms with Crippen LogP contribution in [0.25, 0.3) is 10.9 Å². The summed E-state index contributed by atoms with van der Waals surface area (Å²) >= 11 is 0. The van der Waals surface area contributed by atoms with Crippen molar-refractivity contribution in [2.24, 2.45) is 0 Å². The zero-order valence-corrected chi connectivity index (χ0v) is 14.2. The molecule has 0 saturated carbocycles. The number of benzene rings is 1. The van der Waals surface area contributed by atoms with E-state index < -0.39 is 5.92 Å². The topological polar surface area (TPSA) is 24.9 Å². The molecule has 0 radical (unpaired) electrons. The summed E-state index contributed by atoms with van der Waals surface area (Å²) in [5, 5.41) is 3.60. The fourth-order valence-electron chi connectivity index (χ4n) is 2.74. The molecule has 0 unspecified atom stereocenters. The molecule has 0 atom stereocenters. The molecule has 0 fully saturated rings. The number of pyridine rings is 1. The van der Waals surface area contributed by atoms with Crippen molar-refractivity contribution in [2.45, 2.75) is 26.2 Å². The summed E-state index contributed by atoms with van der Waals surface area (Å²) in [7, 11) is 1.79. The van der Waals surface area contributed by atoms with Crippen molar-refractivity contribution in [2.75, 3.05) is 12.4 Å². The Morgan fingerprint density at radius 2 is 2.12 bits per heavy atom. The number of hydrogen-bond acceptors (Lipinski definition) is 2. The second-order valence-electron chi connectivity index (χ2n) is 5.81. The standard InChI is InChI=1S/C20H22F2N2/c1-5-6-7-9-14(2)12-15-13-17(20(3,21)22)16-10-8-11-24-19(16)18(15)23-4/h5-11,13,23H,1,12H2,2-4H3/b7-6-,14-9-. The maximum absolute atomic E-state index is 14.1. The van der Waals surface area contributed by atoms with E-state index in [1.807, 2.05) is 25.2 Å². The fraction of sp³-hybridized carbons (Fsp3) is 0.250. The molecule has 4 heteroatoms. The number of rotatable bonds is 6. The van der Waals surface area contributed by atoms with Crippen molar-refractivity contribution in [3.63, 3.8) is 0 Å². The predicted octanol–water partition coefficient (Wildman–Crippen LogP) is 5.62. The van der Waals surface area contributed by atoms with Crippen LogP contribution in [0.15, 0.2) is 60.9 Å². The molecule has 24 heavy (non-hydrogen) atoms. The van der Waals surface area contributed by atoms with Gasteiger partial charge in [-0.3, -0.25) is 4.98 Å². The van der Waals surface area contributed by atoms with Gasteiger partial charge >= 0.3 is 0 Å². The van der Waals surface area contributed by atoms with Crippen LogP contribution in [0.1, 0.15) is 25.0 Å². The number of alkyl halides is 2. The molecule has 0 bridgehead atoms. The molecule has 2 aromatic rings. The van der Waals surface area contributed by atoms with Crippen molar-refractivity contribution < 1.29 is 8.78 Å². The molecular weight excluding hydrogens is 306 g/mol. The number of fused-ring (bicyclic) bond motifs is 1. The summed E-state index contributed by atoms with van der Waals surface area (Å²) in [6.45, 7) is 6.52. The van der Waals surface area contributed by atoms with Gasteiger partial charge in [-0.2, -0.15) is 0 Å². The molecule has 126 valence electrons. The molecule has 2 nitrogen and oxygen atoms in total. The Bertz CT molecular complexity index is 799. The lowest BCUT2D eigenvalue weighted by Crippen LogP contribution is -2.11. The van der Waals surface area contributed by atoms with E-state index in [1.165, 1.54) is 0 Å². The second kappa shape index (κ2) is 7.39. The Balaban J connectivity index is 2.63. The third-order valence-corrected chi connectivity index (χ3v) is 3.79. The monoisotopic (exact) mass is 328 g/mol. The zero-order valence-electron chi connectivity index (χ0n) is 14.2. The first-order chi connectivity index (χ1) is 11.4. The molecule has 0 spiro atoms. The summed E-state index contributed by atoms with van der Waals surface area (Å²) in [4.78, 5) is 4.33. The number of halogens is 2. The summed E-state index contributed by atoms with van der Waals surface area (Å²) in [6, 6.07) is 4.96. The van der Waals surface area contributed by atoms with Crippen LogP contribution in [0.4, 0.5) is 14.5 Å². The molecule has 1 aromatic carbocycles. The van der Waals surface area contributed by atoms with Crippen LogP contribution in [0.5, 0.6) is 0 Å². The third-order valence-electron chi connectivity index (χ3n) is 3.79. The van der Waals surface area contributed by atoms with Crippen molar-refractivity contribution in [3.8, 4) is 0 Å². The second-order valence-corrected chi connectivity index (χ2v) is 5.81. The lowest BCUT2D eigenvalue weighted by Gasteiger charge is -2.19. The van der Waals surface area contributed by atoms with Crippen molar-refractivity contribution >= 4 is 16.6 Å². The molecule has 1 heterocycles. The average molecular weight is 328 g/mol. The summed E-state index contributed by atoms with van der Waals surface area (Å²) in [6.07, 6.45) is 9.55. The summed E-state index contributed by atoms with van der Waals surface area (Å²) < 4.78 is 28.2. The van der Waals surface area contributed by atoms with Gasteiger partial charge in [-0.25, -0.2) is 8.78 Å². The number of aromatic nitrogens is 1. The number of allylic oxidation sites excluding steroid dienone is 5. The van der Waals surface area contributed by atoms with Crippen LogP contribution in [-0.2, 0) is 12.3 Å². The van der Waals surface area contributed by atoms with E-state index in [9.17, 15) is 8.78 Å². The van der Waals surface area contributed by atoms with Gasteiger partial charge in [-0.15, -0.1) is 0 Å². The zero-order chi connectivity index (χ0) is 17.7. The van der Waals surface area contributed by atoms with E-state index >= 15 is 0 Å². The van der Waals surface area contributed by atoms with Crippen molar-refractivity contribution in [1.29, 1.82) is 0 Å². The highest BCUT2D eigenvalue weighted by Crippen LogP contribution is 2.38. The SMILES string of the molecule is C=C/C=C\C=C(\C)Cc1cc(C(C)(F)F)c2cccnc2c1NC. The average Bonchev–Trinajstić information content (AvgIpc) is 2.53. The highest BCUT2D eigenvalue weighted by molar-refractivity contribution is 5.95. The van der Waals surface area contributed by atoms with Gasteiger partial charge in [0.1, 0.15) is 0 Å². The summed E-state index contributed by atoms with van der Waals surface area (Å²) in [5.41, 5.74) is 3.24. The van der Waals surface area contributed by atoms with Gasteiger partial charge in [-0.05, 0) is 31.0 Å². The van der Waals surface area contributed by atoms with Crippen LogP contribution in [-0.4, -0.2) is 12.0 Å². The Hall–Kier alpha value is -2.49. The minimum atomic E-state index is -2.93. The Kier molecular flexibility index (Phi) is 5.50. The molecule has 0 saturated heterocycles. The normalized spacial score (nSPS) is 12.8.